The number of nitrogens with one attached hydrogen (secondary N) is 3. The van der Waals surface area contributed by atoms with Gasteiger partial charge in [-0.3, -0.25) is 67.3 Å². The van der Waals surface area contributed by atoms with Crippen molar-refractivity contribution in [3.05, 3.63) is 0 Å². The second-order valence-electron chi connectivity index (χ2n) is 31.0. The average molecular weight is 1680 g/mol. The number of phosphoric acid groups is 1. The van der Waals surface area contributed by atoms with E-state index in [-0.39, 0.29) is 193 Å². The third kappa shape index (κ3) is 54.5. The number of carbonyl (C=O) groups is 10. The molecular formula is C83H152N9O23P. The number of amides is 4. The zero-order chi connectivity index (χ0) is 85.2. The van der Waals surface area contributed by atoms with E-state index >= 15 is 0 Å². The number of carbonyl (C=O) groups excluding carboxylic acids is 9. The van der Waals surface area contributed by atoms with Crippen LogP contribution in [0.25, 0.3) is 0 Å². The quantitative estimate of drug-likeness (QED) is 0.00676. The molecule has 0 aromatic rings. The highest BCUT2D eigenvalue weighted by Crippen LogP contribution is 2.43. The molecule has 33 heteroatoms. The summed E-state index contributed by atoms with van der Waals surface area (Å²) in [6, 6.07) is -3.03. The normalized spacial score (nSPS) is 16.2. The Hall–Kier alpha value is -5.64. The number of aliphatic carboxylic acids is 1. The van der Waals surface area contributed by atoms with Crippen molar-refractivity contribution in [2.45, 2.75) is 340 Å². The molecule has 4 amide bonds. The number of unbranched alkanes of at least 4 members (excludes halogenated alkanes) is 25. The molecule has 2 heterocycles. The molecule has 2 saturated heterocycles. The first kappa shape index (κ1) is 106. The van der Waals surface area contributed by atoms with E-state index in [9.17, 15) is 72.7 Å². The first-order chi connectivity index (χ1) is 55.9. The molecule has 32 nitrogen and oxygen atoms in total. The lowest BCUT2D eigenvalue weighted by Crippen LogP contribution is -2.53. The minimum Gasteiger partial charge on any atom is -0.481 e. The Bertz CT molecular complexity index is 2770. The molecule has 2 aliphatic heterocycles. The predicted octanol–water partition coefficient (Wildman–Crippen LogP) is 9.41. The molecule has 2 rings (SSSR count). The third-order valence-corrected chi connectivity index (χ3v) is 21.7. The number of carboxylic acids is 1. The van der Waals surface area contributed by atoms with E-state index in [4.69, 9.17) is 54.7 Å². The molecule has 2 aliphatic rings. The minimum atomic E-state index is -4.66. The van der Waals surface area contributed by atoms with Crippen molar-refractivity contribution in [1.82, 2.24) is 25.8 Å². The van der Waals surface area contributed by atoms with Crippen LogP contribution in [0.5, 0.6) is 0 Å². The monoisotopic (exact) mass is 1670 g/mol. The van der Waals surface area contributed by atoms with Crippen LogP contribution in [-0.4, -0.2) is 243 Å². The number of phosphoric ester groups is 1. The highest BCUT2D eigenvalue weighted by atomic mass is 31.2. The smallest absolute Gasteiger partial charge is 0.472 e. The zero-order valence-corrected chi connectivity index (χ0v) is 71.7. The molecule has 0 saturated carbocycles. The van der Waals surface area contributed by atoms with Crippen molar-refractivity contribution >= 4 is 72.7 Å². The Morgan fingerprint density at radius 1 is 0.526 bits per heavy atom. The average Bonchev–Trinajstić information content (AvgIpc) is 1.69. The summed E-state index contributed by atoms with van der Waals surface area (Å²) in [4.78, 5) is 148. The largest absolute Gasteiger partial charge is 0.481 e. The second kappa shape index (κ2) is 69.1. The van der Waals surface area contributed by atoms with E-state index in [1.165, 1.54) is 132 Å². The maximum Gasteiger partial charge on any atom is 0.472 e. The van der Waals surface area contributed by atoms with Crippen LogP contribution in [0.15, 0.2) is 4.99 Å². The lowest BCUT2D eigenvalue weighted by Gasteiger charge is -2.33. The van der Waals surface area contributed by atoms with Crippen LogP contribution in [0.4, 0.5) is 0 Å². The van der Waals surface area contributed by atoms with E-state index in [1.807, 2.05) is 0 Å². The number of aliphatic imine (C=N–C) groups is 1. The summed E-state index contributed by atoms with van der Waals surface area (Å²) in [7, 11) is -4.66. The molecule has 0 aliphatic carbocycles. The van der Waals surface area contributed by atoms with Crippen LogP contribution in [0.2, 0.25) is 0 Å². The summed E-state index contributed by atoms with van der Waals surface area (Å²) in [6.07, 6.45) is 30.4. The maximum absolute atomic E-state index is 14.4. The lowest BCUT2D eigenvalue weighted by atomic mass is 9.90. The molecular weight excluding hydrogens is 1520 g/mol. The number of aliphatic hydroxyl groups is 2. The molecule has 672 valence electrons. The first-order valence-corrected chi connectivity index (χ1v) is 45.5. The summed E-state index contributed by atoms with van der Waals surface area (Å²) < 4.78 is 56.2. The molecule has 8 unspecified atom stereocenters. The van der Waals surface area contributed by atoms with Gasteiger partial charge in [0.2, 0.25) is 23.6 Å². The van der Waals surface area contributed by atoms with Crippen LogP contribution < -0.4 is 33.2 Å². The van der Waals surface area contributed by atoms with Crippen molar-refractivity contribution < 1.29 is 110 Å². The van der Waals surface area contributed by atoms with E-state index in [0.717, 1.165) is 38.5 Å². The molecule has 0 radical (unpaired) electrons. The fourth-order valence-corrected chi connectivity index (χ4v) is 15.0. The van der Waals surface area contributed by atoms with E-state index in [0.29, 0.717) is 64.3 Å². The van der Waals surface area contributed by atoms with Gasteiger partial charge in [-0.05, 0) is 90.5 Å². The summed E-state index contributed by atoms with van der Waals surface area (Å²) in [6.45, 7) is 6.22. The van der Waals surface area contributed by atoms with Gasteiger partial charge < -0.3 is 86.3 Å². The van der Waals surface area contributed by atoms with Gasteiger partial charge in [0.15, 0.2) is 23.6 Å². The Morgan fingerprint density at radius 3 is 1.60 bits per heavy atom. The van der Waals surface area contributed by atoms with Gasteiger partial charge in [-0.15, -0.1) is 0 Å². The third-order valence-electron chi connectivity index (χ3n) is 20.8. The van der Waals surface area contributed by atoms with Gasteiger partial charge in [-0.25, -0.2) is 4.57 Å². The number of guanidine groups is 1. The molecule has 0 bridgehead atoms. The van der Waals surface area contributed by atoms with Crippen molar-refractivity contribution in [2.75, 3.05) is 112 Å². The zero-order valence-electron chi connectivity index (χ0n) is 70.8. The number of rotatable bonds is 79. The number of nitrogens with two attached hydrogens (primary N) is 3. The number of Topliss-reactive ketones (excluding diaryl/α,β-unsaturated/α-hetero) is 3. The molecule has 9 atom stereocenters. The Balaban J connectivity index is 1.62. The SMILES string of the molecule is CCCCCCCCCCCCCCCC(=O)OCC(COP(=O)(O)OCCCC(=O)CCCC(=O)NCCOCCOCC(=O)NCCOCCOC[C@H](O)NC(C(=O)CC(CCCCN)C(=O)N1CCCC1C(=O)N1CCCC1C(=O)CC(CCCN=C(N)N)C(=O)O)C(C)O)OC(=O)CCCCCCCCCCCCCCC. The summed E-state index contributed by atoms with van der Waals surface area (Å²) in [5.74, 6) is -6.71. The lowest BCUT2D eigenvalue weighted by molar-refractivity contribution is -0.161. The van der Waals surface area contributed by atoms with Gasteiger partial charge in [0, 0.05) is 83.6 Å². The highest BCUT2D eigenvalue weighted by Gasteiger charge is 2.44. The molecule has 2 fully saturated rings. The predicted molar refractivity (Wildman–Crippen MR) is 441 cm³/mol. The molecule has 13 N–H and O–H groups in total. The second-order valence-corrected chi connectivity index (χ2v) is 32.5. The maximum atomic E-state index is 14.4. The van der Waals surface area contributed by atoms with Crippen LogP contribution in [0.1, 0.15) is 303 Å². The van der Waals surface area contributed by atoms with Gasteiger partial charge in [-0.2, -0.15) is 0 Å². The van der Waals surface area contributed by atoms with Gasteiger partial charge in [0.25, 0.3) is 0 Å². The van der Waals surface area contributed by atoms with Crippen molar-refractivity contribution in [2.24, 2.45) is 34.0 Å². The van der Waals surface area contributed by atoms with Crippen LogP contribution >= 0.6 is 7.82 Å². The number of carboxylic acid groups (broad SMARTS) is 1. The van der Waals surface area contributed by atoms with Gasteiger partial charge in [-0.1, -0.05) is 174 Å². The molecule has 0 aromatic heterocycles. The Kier molecular flexibility index (Phi) is 63.4. The number of hydrogen-bond donors (Lipinski definition) is 10. The highest BCUT2D eigenvalue weighted by molar-refractivity contribution is 7.47. The van der Waals surface area contributed by atoms with Crippen molar-refractivity contribution in [3.63, 3.8) is 0 Å². The fraction of sp³-hybridized carbons (Fsp3) is 0.867. The van der Waals surface area contributed by atoms with E-state index < -0.39 is 104 Å². The molecule has 116 heavy (non-hydrogen) atoms. The van der Waals surface area contributed by atoms with Crippen LogP contribution in [-0.2, 0) is 90.0 Å². The van der Waals surface area contributed by atoms with Gasteiger partial charge in [0.05, 0.1) is 83.6 Å². The number of hydrogen-bond acceptors (Lipinski definition) is 24. The molecule has 0 aromatic carbocycles. The van der Waals surface area contributed by atoms with Crippen molar-refractivity contribution in [1.29, 1.82) is 0 Å². The standard InChI is InChI=1S/C83H152N9O23P/c1-4-6-8-10-12-14-16-18-20-22-24-26-28-44-77(100)112-61-69(115-78(101)45-29-27-25-23-21-19-17-15-13-11-9-7-5-2)62-114-116(106,107)113-52-36-40-68(94)39-32-43-74(97)87-48-53-108-55-57-110-63-75(98)88-49-54-109-56-58-111-64-76(99)90-79(65(3)93)73(96)59-66(37-30-31-46-84)80(102)92-51-35-42-71(92)81(103)91-50-34-41-70(91)72(95)60-67(82(104)105)38-33-47-89-83(85)86/h65-67,69-71,76,79,90,93,99H,4-64,84H2,1-3H3,(H,87,97)(H,88,98)(H,104,105)(H,106,107)(H4,85,86,89)/t65?,66?,67?,69?,70?,71?,76-,79?/m0/s1. The number of ketones is 3. The first-order valence-electron chi connectivity index (χ1n) is 44.0. The van der Waals surface area contributed by atoms with Crippen LogP contribution in [0.3, 0.4) is 0 Å². The number of nitrogens with zero attached hydrogens (tertiary/aromatic N) is 3. The number of esters is 2. The summed E-state index contributed by atoms with van der Waals surface area (Å²) in [5.41, 5.74) is 16.5. The summed E-state index contributed by atoms with van der Waals surface area (Å²) in [5, 5.41) is 39.5. The van der Waals surface area contributed by atoms with Crippen LogP contribution in [0, 0.1) is 11.8 Å². The number of likely N-dealkylation sites (tertiary alicyclic amines) is 2. The van der Waals surface area contributed by atoms with E-state index in [2.05, 4.69) is 34.8 Å². The molecule has 0 spiro atoms. The number of aliphatic hydroxyl groups excluding tert-OH is 2. The van der Waals surface area contributed by atoms with Gasteiger partial charge >= 0.3 is 25.7 Å². The minimum absolute atomic E-state index is 0.0312. The topological polar surface area (TPSA) is 476 Å². The van der Waals surface area contributed by atoms with E-state index in [1.54, 1.807) is 0 Å². The Morgan fingerprint density at radius 2 is 1.04 bits per heavy atom. The van der Waals surface area contributed by atoms with Gasteiger partial charge in [0.1, 0.15) is 31.3 Å². The fourth-order valence-electron chi connectivity index (χ4n) is 14.2. The Labute approximate surface area is 691 Å². The van der Waals surface area contributed by atoms with Crippen molar-refractivity contribution in [3.8, 4) is 0 Å². The summed E-state index contributed by atoms with van der Waals surface area (Å²) >= 11 is 0. The number of ether oxygens (including phenoxy) is 6.